The Labute approximate surface area is 143 Å². The summed E-state index contributed by atoms with van der Waals surface area (Å²) in [7, 11) is 1.41. The van der Waals surface area contributed by atoms with E-state index in [1.807, 2.05) is 60.7 Å². The molecule has 0 aromatic heterocycles. The van der Waals surface area contributed by atoms with E-state index in [-0.39, 0.29) is 11.9 Å². The lowest BCUT2D eigenvalue weighted by atomic mass is 10.0. The lowest BCUT2D eigenvalue weighted by molar-refractivity contribution is -0.141. The van der Waals surface area contributed by atoms with Crippen molar-refractivity contribution >= 4 is 11.9 Å². The van der Waals surface area contributed by atoms with Gasteiger partial charge in [-0.1, -0.05) is 67.6 Å². The van der Waals surface area contributed by atoms with E-state index >= 15 is 0 Å². The standard InChI is InChI=1S/2C10H12O2/c1-12-10(11)8-7-9-5-3-2-4-6-9;1-8(10(11)12)7-9-5-3-2-4-6-9/h2-6H,7-8H2,1H3;2-6,8H,7H2,1H3,(H,11,12). The molecule has 0 fully saturated rings. The van der Waals surface area contributed by atoms with Gasteiger partial charge in [0.25, 0.3) is 0 Å². The summed E-state index contributed by atoms with van der Waals surface area (Å²) in [5.41, 5.74) is 2.25. The average Bonchev–Trinajstić information content (AvgIpc) is 2.62. The first-order valence-corrected chi connectivity index (χ1v) is 7.90. The van der Waals surface area contributed by atoms with Gasteiger partial charge in [-0.15, -0.1) is 0 Å². The van der Waals surface area contributed by atoms with Gasteiger partial charge in [0.05, 0.1) is 13.0 Å². The molecule has 2 aromatic carbocycles. The highest BCUT2D eigenvalue weighted by Crippen LogP contribution is 2.07. The largest absolute Gasteiger partial charge is 0.481 e. The van der Waals surface area contributed by atoms with Gasteiger partial charge < -0.3 is 9.84 Å². The van der Waals surface area contributed by atoms with Crippen LogP contribution in [0.4, 0.5) is 0 Å². The van der Waals surface area contributed by atoms with Crippen molar-refractivity contribution in [3.63, 3.8) is 0 Å². The molecule has 4 nitrogen and oxygen atoms in total. The minimum atomic E-state index is -0.737. The first-order chi connectivity index (χ1) is 11.5. The fraction of sp³-hybridized carbons (Fsp3) is 0.300. The lowest BCUT2D eigenvalue weighted by Crippen LogP contribution is -2.11. The Kier molecular flexibility index (Phi) is 8.90. The molecular weight excluding hydrogens is 304 g/mol. The fourth-order valence-electron chi connectivity index (χ4n) is 2.05. The molecule has 0 aliphatic heterocycles. The molecule has 0 amide bonds. The number of hydrogen-bond acceptors (Lipinski definition) is 3. The number of aliphatic carboxylic acids is 1. The van der Waals surface area contributed by atoms with Crippen molar-refractivity contribution in [1.82, 2.24) is 0 Å². The number of carbonyl (C=O) groups excluding carboxylic acids is 1. The smallest absolute Gasteiger partial charge is 0.306 e. The van der Waals surface area contributed by atoms with E-state index in [0.717, 1.165) is 12.0 Å². The molecule has 1 N–H and O–H groups in total. The monoisotopic (exact) mass is 328 g/mol. The number of hydrogen-bond donors (Lipinski definition) is 1. The summed E-state index contributed by atoms with van der Waals surface area (Å²) in [5.74, 6) is -1.19. The summed E-state index contributed by atoms with van der Waals surface area (Å²) >= 11 is 0. The van der Waals surface area contributed by atoms with Crippen molar-refractivity contribution in [3.05, 3.63) is 71.8 Å². The van der Waals surface area contributed by atoms with Crippen LogP contribution in [0.1, 0.15) is 24.5 Å². The predicted molar refractivity (Wildman–Crippen MR) is 93.7 cm³/mol. The van der Waals surface area contributed by atoms with E-state index in [9.17, 15) is 9.59 Å². The van der Waals surface area contributed by atoms with Crippen LogP contribution in [0.3, 0.4) is 0 Å². The van der Waals surface area contributed by atoms with Crippen molar-refractivity contribution in [2.45, 2.75) is 26.2 Å². The number of aryl methyl sites for hydroxylation is 1. The Morgan fingerprint density at radius 1 is 0.958 bits per heavy atom. The van der Waals surface area contributed by atoms with Crippen LogP contribution < -0.4 is 0 Å². The molecule has 2 aromatic rings. The summed E-state index contributed by atoms with van der Waals surface area (Å²) in [6.07, 6.45) is 1.82. The molecule has 1 atom stereocenters. The molecule has 0 saturated heterocycles. The molecular formula is C20H24O4. The van der Waals surface area contributed by atoms with E-state index in [4.69, 9.17) is 5.11 Å². The summed E-state index contributed by atoms with van der Waals surface area (Å²) in [5, 5.41) is 8.64. The molecule has 0 aliphatic rings. The van der Waals surface area contributed by atoms with Gasteiger partial charge in [0.2, 0.25) is 0 Å². The Morgan fingerprint density at radius 2 is 1.46 bits per heavy atom. The average molecular weight is 328 g/mol. The van der Waals surface area contributed by atoms with Gasteiger partial charge in [-0.05, 0) is 24.0 Å². The van der Waals surface area contributed by atoms with Crippen LogP contribution in [0.15, 0.2) is 60.7 Å². The predicted octanol–water partition coefficient (Wildman–Crippen LogP) is 3.74. The minimum Gasteiger partial charge on any atom is -0.481 e. The number of carboxylic acid groups (broad SMARTS) is 1. The van der Waals surface area contributed by atoms with Crippen molar-refractivity contribution in [1.29, 1.82) is 0 Å². The van der Waals surface area contributed by atoms with Crippen LogP contribution >= 0.6 is 0 Å². The van der Waals surface area contributed by atoms with Crippen molar-refractivity contribution in [2.75, 3.05) is 7.11 Å². The van der Waals surface area contributed by atoms with Crippen molar-refractivity contribution in [3.8, 4) is 0 Å². The highest BCUT2D eigenvalue weighted by Gasteiger charge is 2.10. The first-order valence-electron chi connectivity index (χ1n) is 7.90. The molecule has 0 radical (unpaired) electrons. The maximum atomic E-state index is 10.8. The third-order valence-electron chi connectivity index (χ3n) is 3.49. The number of rotatable bonds is 6. The maximum Gasteiger partial charge on any atom is 0.306 e. The second kappa shape index (κ2) is 11.0. The summed E-state index contributed by atoms with van der Waals surface area (Å²) in [6.45, 7) is 1.72. The van der Waals surface area contributed by atoms with E-state index in [2.05, 4.69) is 4.74 Å². The van der Waals surface area contributed by atoms with Gasteiger partial charge in [-0.3, -0.25) is 9.59 Å². The van der Waals surface area contributed by atoms with Crippen LogP contribution in [-0.4, -0.2) is 24.2 Å². The number of ether oxygens (including phenoxy) is 1. The summed E-state index contributed by atoms with van der Waals surface area (Å²) in [4.78, 5) is 21.3. The zero-order chi connectivity index (χ0) is 17.8. The van der Waals surface area contributed by atoms with Gasteiger partial charge in [0.1, 0.15) is 0 Å². The van der Waals surface area contributed by atoms with Crippen LogP contribution in [0.5, 0.6) is 0 Å². The van der Waals surface area contributed by atoms with Crippen molar-refractivity contribution in [2.24, 2.45) is 5.92 Å². The lowest BCUT2D eigenvalue weighted by Gasteiger charge is -2.04. The SMILES string of the molecule is CC(Cc1ccccc1)C(=O)O.COC(=O)CCc1ccccc1. The molecule has 0 heterocycles. The third kappa shape index (κ3) is 8.13. The molecule has 0 saturated carbocycles. The second-order valence-electron chi connectivity index (χ2n) is 5.49. The number of esters is 1. The zero-order valence-corrected chi connectivity index (χ0v) is 14.1. The molecule has 4 heteroatoms. The van der Waals surface area contributed by atoms with Gasteiger partial charge in [0.15, 0.2) is 0 Å². The Bertz CT molecular complexity index is 606. The second-order valence-corrected chi connectivity index (χ2v) is 5.49. The number of benzene rings is 2. The number of methoxy groups -OCH3 is 1. The quantitative estimate of drug-likeness (QED) is 0.821. The molecule has 0 aliphatic carbocycles. The maximum absolute atomic E-state index is 10.8. The van der Waals surface area contributed by atoms with Crippen molar-refractivity contribution < 1.29 is 19.4 Å². The summed E-state index contributed by atoms with van der Waals surface area (Å²) < 4.78 is 4.53. The molecule has 24 heavy (non-hydrogen) atoms. The first kappa shape index (κ1) is 19.4. The topological polar surface area (TPSA) is 63.6 Å². The number of carboxylic acids is 1. The molecule has 0 spiro atoms. The van der Waals surface area contributed by atoms with Crippen LogP contribution in [0.25, 0.3) is 0 Å². The van der Waals surface area contributed by atoms with E-state index in [1.165, 1.54) is 12.7 Å². The fourth-order valence-corrected chi connectivity index (χ4v) is 2.05. The van der Waals surface area contributed by atoms with Gasteiger partial charge in [-0.25, -0.2) is 0 Å². The van der Waals surface area contributed by atoms with Gasteiger partial charge in [-0.2, -0.15) is 0 Å². The van der Waals surface area contributed by atoms with Crippen LogP contribution in [0.2, 0.25) is 0 Å². The van der Waals surface area contributed by atoms with E-state index in [0.29, 0.717) is 12.8 Å². The summed E-state index contributed by atoms with van der Waals surface area (Å²) in [6, 6.07) is 19.5. The van der Waals surface area contributed by atoms with Crippen LogP contribution in [-0.2, 0) is 27.2 Å². The molecule has 0 bridgehead atoms. The number of carbonyl (C=O) groups is 2. The molecule has 128 valence electrons. The highest BCUT2D eigenvalue weighted by atomic mass is 16.5. The Morgan fingerprint density at radius 3 is 1.92 bits per heavy atom. The minimum absolute atomic E-state index is 0.154. The molecule has 2 rings (SSSR count). The van der Waals surface area contributed by atoms with E-state index < -0.39 is 5.97 Å². The third-order valence-corrected chi connectivity index (χ3v) is 3.49. The van der Waals surface area contributed by atoms with Gasteiger partial charge >= 0.3 is 11.9 Å². The highest BCUT2D eigenvalue weighted by molar-refractivity contribution is 5.70. The Balaban J connectivity index is 0.000000240. The Hall–Kier alpha value is -2.62. The molecule has 1 unspecified atom stereocenters. The zero-order valence-electron chi connectivity index (χ0n) is 14.1. The normalized spacial score (nSPS) is 10.9. The van der Waals surface area contributed by atoms with Crippen LogP contribution in [0, 0.1) is 5.92 Å². The van der Waals surface area contributed by atoms with E-state index in [1.54, 1.807) is 6.92 Å². The van der Waals surface area contributed by atoms with Gasteiger partial charge in [0, 0.05) is 6.42 Å².